The van der Waals surface area contributed by atoms with Crippen molar-refractivity contribution in [2.45, 2.75) is 25.7 Å². The summed E-state index contributed by atoms with van der Waals surface area (Å²) in [6, 6.07) is 0. The number of rotatable bonds is 0. The van der Waals surface area contributed by atoms with Gasteiger partial charge in [-0.3, -0.25) is 0 Å². The molecule has 4 atom stereocenters. The number of hydrogen-bond donors (Lipinski definition) is 0. The minimum Gasteiger partial charge on any atom is -0.0882 e. The molecular weight excluding hydrogens is 144 g/mol. The second-order valence-corrected chi connectivity index (χ2v) is 4.49. The third kappa shape index (κ3) is 0.784. The van der Waals surface area contributed by atoms with Gasteiger partial charge in [0.05, 0.1) is 0 Å². The first kappa shape index (κ1) is 6.94. The molecule has 3 aliphatic rings. The van der Waals surface area contributed by atoms with Crippen LogP contribution in [0.4, 0.5) is 0 Å². The van der Waals surface area contributed by atoms with Gasteiger partial charge in [-0.1, -0.05) is 24.3 Å². The van der Waals surface area contributed by atoms with Crippen molar-refractivity contribution in [1.82, 2.24) is 0 Å². The van der Waals surface area contributed by atoms with Crippen molar-refractivity contribution in [2.75, 3.05) is 0 Å². The largest absolute Gasteiger partial charge is 0.0882 e. The Morgan fingerprint density at radius 1 is 0.750 bits per heavy atom. The molecule has 1 saturated carbocycles. The van der Waals surface area contributed by atoms with E-state index in [2.05, 4.69) is 24.3 Å². The highest BCUT2D eigenvalue weighted by Crippen LogP contribution is 2.55. The third-order valence-corrected chi connectivity index (χ3v) is 4.03. The summed E-state index contributed by atoms with van der Waals surface area (Å²) in [4.78, 5) is 0. The van der Waals surface area contributed by atoms with Crippen molar-refractivity contribution >= 4 is 0 Å². The Kier molecular flexibility index (Phi) is 1.44. The fourth-order valence-corrected chi connectivity index (χ4v) is 3.44. The van der Waals surface area contributed by atoms with Gasteiger partial charge in [0.2, 0.25) is 0 Å². The van der Waals surface area contributed by atoms with Crippen molar-refractivity contribution in [3.63, 3.8) is 0 Å². The van der Waals surface area contributed by atoms with Crippen LogP contribution < -0.4 is 0 Å². The molecule has 0 saturated heterocycles. The Labute approximate surface area is 74.4 Å². The summed E-state index contributed by atoms with van der Waals surface area (Å²) in [5.74, 6) is 3.98. The van der Waals surface area contributed by atoms with E-state index in [1.165, 1.54) is 25.7 Å². The van der Waals surface area contributed by atoms with Crippen LogP contribution in [-0.2, 0) is 0 Å². The zero-order valence-corrected chi connectivity index (χ0v) is 7.45. The summed E-state index contributed by atoms with van der Waals surface area (Å²) >= 11 is 0. The van der Waals surface area contributed by atoms with E-state index in [1.54, 1.807) is 0 Å². The minimum absolute atomic E-state index is 0.931. The Morgan fingerprint density at radius 2 is 1.25 bits per heavy atom. The molecule has 3 rings (SSSR count). The van der Waals surface area contributed by atoms with E-state index in [4.69, 9.17) is 0 Å². The molecule has 0 spiro atoms. The molecular formula is C12H16. The van der Waals surface area contributed by atoms with Crippen LogP contribution in [0.2, 0.25) is 0 Å². The summed E-state index contributed by atoms with van der Waals surface area (Å²) in [5, 5.41) is 0. The Hall–Kier alpha value is -0.520. The van der Waals surface area contributed by atoms with Crippen LogP contribution in [0.25, 0.3) is 0 Å². The SMILES string of the molecule is C1=C[C@@H]2[C@@H]3C=CCC[C@@H]3[C@@H]2CC1. The smallest absolute Gasteiger partial charge is 0.0136 e. The van der Waals surface area contributed by atoms with Crippen LogP contribution in [0.1, 0.15) is 25.7 Å². The molecule has 0 radical (unpaired) electrons. The lowest BCUT2D eigenvalue weighted by molar-refractivity contribution is 0.0195. The summed E-state index contributed by atoms with van der Waals surface area (Å²) in [7, 11) is 0. The number of hydrogen-bond acceptors (Lipinski definition) is 0. The predicted octanol–water partition coefficient (Wildman–Crippen LogP) is 3.16. The minimum atomic E-state index is 0.931. The highest BCUT2D eigenvalue weighted by atomic mass is 14.5. The van der Waals surface area contributed by atoms with Crippen LogP contribution in [0.5, 0.6) is 0 Å². The first-order valence-corrected chi connectivity index (χ1v) is 5.30. The molecule has 0 unspecified atom stereocenters. The average Bonchev–Trinajstić information content (AvgIpc) is 2.14. The van der Waals surface area contributed by atoms with Crippen LogP contribution >= 0.6 is 0 Å². The number of allylic oxidation sites excluding steroid dienone is 4. The molecule has 0 aliphatic heterocycles. The molecule has 0 N–H and O–H groups in total. The van der Waals surface area contributed by atoms with Gasteiger partial charge < -0.3 is 0 Å². The average molecular weight is 160 g/mol. The fraction of sp³-hybridized carbons (Fsp3) is 0.667. The van der Waals surface area contributed by atoms with Gasteiger partial charge in [0, 0.05) is 0 Å². The third-order valence-electron chi connectivity index (χ3n) is 4.03. The summed E-state index contributed by atoms with van der Waals surface area (Å²) in [6.07, 6.45) is 15.4. The number of fused-ring (bicyclic) bond motifs is 4. The molecule has 1 fully saturated rings. The Bertz CT molecular complexity index is 210. The summed E-state index contributed by atoms with van der Waals surface area (Å²) < 4.78 is 0. The Morgan fingerprint density at radius 3 is 1.75 bits per heavy atom. The summed E-state index contributed by atoms with van der Waals surface area (Å²) in [6.45, 7) is 0. The van der Waals surface area contributed by atoms with E-state index in [0.29, 0.717) is 0 Å². The molecule has 0 aromatic carbocycles. The molecule has 3 aliphatic carbocycles. The van der Waals surface area contributed by atoms with Gasteiger partial charge in [-0.25, -0.2) is 0 Å². The maximum Gasteiger partial charge on any atom is -0.0136 e. The van der Waals surface area contributed by atoms with Gasteiger partial charge in [-0.15, -0.1) is 0 Å². The molecule has 0 amide bonds. The maximum atomic E-state index is 2.48. The van der Waals surface area contributed by atoms with Gasteiger partial charge in [0.1, 0.15) is 0 Å². The zero-order chi connectivity index (χ0) is 7.97. The second-order valence-electron chi connectivity index (χ2n) is 4.49. The Balaban J connectivity index is 1.87. The quantitative estimate of drug-likeness (QED) is 0.477. The standard InChI is InChI=1S/C12H16/c1-2-6-10-9(5-1)11-7-3-4-8-12(10)11/h1,3,5,7,9-12H,2,4,6,8H2/t9-,10+,11-,12+. The zero-order valence-electron chi connectivity index (χ0n) is 7.45. The lowest BCUT2D eigenvalue weighted by atomic mass is 9.51. The summed E-state index contributed by atoms with van der Waals surface area (Å²) in [5.41, 5.74) is 0. The molecule has 12 heavy (non-hydrogen) atoms. The van der Waals surface area contributed by atoms with Crippen molar-refractivity contribution in [3.8, 4) is 0 Å². The fourth-order valence-electron chi connectivity index (χ4n) is 3.44. The van der Waals surface area contributed by atoms with Crippen LogP contribution in [0, 0.1) is 23.7 Å². The molecule has 0 heteroatoms. The monoisotopic (exact) mass is 160 g/mol. The first-order chi connectivity index (χ1) is 5.97. The highest BCUT2D eigenvalue weighted by Gasteiger charge is 2.47. The van der Waals surface area contributed by atoms with E-state index in [0.717, 1.165) is 23.7 Å². The molecule has 0 aromatic rings. The van der Waals surface area contributed by atoms with Gasteiger partial charge in [0.15, 0.2) is 0 Å². The molecule has 64 valence electrons. The molecule has 0 heterocycles. The molecule has 0 nitrogen and oxygen atoms in total. The van der Waals surface area contributed by atoms with Crippen LogP contribution in [-0.4, -0.2) is 0 Å². The van der Waals surface area contributed by atoms with Gasteiger partial charge >= 0.3 is 0 Å². The van der Waals surface area contributed by atoms with E-state index >= 15 is 0 Å². The van der Waals surface area contributed by atoms with Crippen molar-refractivity contribution < 1.29 is 0 Å². The normalized spacial score (nSPS) is 49.3. The van der Waals surface area contributed by atoms with Crippen LogP contribution in [0.15, 0.2) is 24.3 Å². The topological polar surface area (TPSA) is 0 Å². The van der Waals surface area contributed by atoms with E-state index in [1.807, 2.05) is 0 Å². The van der Waals surface area contributed by atoms with Crippen molar-refractivity contribution in [3.05, 3.63) is 24.3 Å². The molecule has 0 bridgehead atoms. The lowest BCUT2D eigenvalue weighted by Crippen LogP contribution is -2.46. The predicted molar refractivity (Wildman–Crippen MR) is 50.7 cm³/mol. The van der Waals surface area contributed by atoms with Crippen LogP contribution in [0.3, 0.4) is 0 Å². The molecule has 0 aromatic heterocycles. The van der Waals surface area contributed by atoms with Crippen molar-refractivity contribution in [2.24, 2.45) is 23.7 Å². The van der Waals surface area contributed by atoms with Gasteiger partial charge in [0.25, 0.3) is 0 Å². The lowest BCUT2D eigenvalue weighted by Gasteiger charge is -2.53. The van der Waals surface area contributed by atoms with Gasteiger partial charge in [-0.2, -0.15) is 0 Å². The first-order valence-electron chi connectivity index (χ1n) is 5.30. The van der Waals surface area contributed by atoms with E-state index in [-0.39, 0.29) is 0 Å². The van der Waals surface area contributed by atoms with E-state index in [9.17, 15) is 0 Å². The maximum absolute atomic E-state index is 2.48. The second kappa shape index (κ2) is 2.48. The highest BCUT2D eigenvalue weighted by molar-refractivity contribution is 5.17. The van der Waals surface area contributed by atoms with E-state index < -0.39 is 0 Å². The van der Waals surface area contributed by atoms with Gasteiger partial charge in [-0.05, 0) is 49.4 Å². The van der Waals surface area contributed by atoms with Crippen molar-refractivity contribution in [1.29, 1.82) is 0 Å².